The Bertz CT molecular complexity index is 822. The monoisotopic (exact) mass is 449 g/mol. The van der Waals surface area contributed by atoms with Crippen LogP contribution in [0.4, 0.5) is 0 Å². The third kappa shape index (κ3) is 5.50. The molecule has 1 aliphatic heterocycles. The van der Waals surface area contributed by atoms with E-state index in [0.29, 0.717) is 17.8 Å². The number of carbonyl (C=O) groups is 3. The molecule has 1 amide bonds. The lowest BCUT2D eigenvalue weighted by Crippen LogP contribution is -2.59. The second-order valence-corrected chi connectivity index (χ2v) is 8.58. The lowest BCUT2D eigenvalue weighted by atomic mass is 9.79. The molecule has 2 N–H and O–H groups in total. The zero-order chi connectivity index (χ0) is 23.1. The van der Waals surface area contributed by atoms with E-state index in [-0.39, 0.29) is 35.9 Å². The van der Waals surface area contributed by atoms with Crippen molar-refractivity contribution < 1.29 is 28.6 Å². The molecule has 1 saturated heterocycles. The topological polar surface area (TPSA) is 110 Å². The zero-order valence-corrected chi connectivity index (χ0v) is 19.4. The number of amides is 1. The van der Waals surface area contributed by atoms with Gasteiger partial charge in [0.05, 0.1) is 25.4 Å². The molecule has 32 heavy (non-hydrogen) atoms. The Hall–Kier alpha value is -2.39. The molecule has 0 aromatic carbocycles. The summed E-state index contributed by atoms with van der Waals surface area (Å²) in [6, 6.07) is 0. The van der Waals surface area contributed by atoms with Crippen molar-refractivity contribution in [2.24, 2.45) is 0 Å². The van der Waals surface area contributed by atoms with Crippen molar-refractivity contribution in [2.45, 2.75) is 58.4 Å². The minimum atomic E-state index is -0.637. The molecule has 1 aliphatic carbocycles. The minimum absolute atomic E-state index is 0.0515. The van der Waals surface area contributed by atoms with Gasteiger partial charge in [-0.05, 0) is 39.2 Å². The standard InChI is InChI=1S/C23H35N3O6/c1-4-31-22(29)20-16(2)19(17(3)25-20)21(28)32-14-18(27)24-15-23(8-6-5-7-9-23)26-10-12-30-13-11-26/h25H,4-15H2,1-3H3,(H,24,27). The van der Waals surface area contributed by atoms with Gasteiger partial charge in [-0.15, -0.1) is 0 Å². The van der Waals surface area contributed by atoms with Crippen molar-refractivity contribution in [3.05, 3.63) is 22.5 Å². The summed E-state index contributed by atoms with van der Waals surface area (Å²) in [5, 5.41) is 2.99. The van der Waals surface area contributed by atoms with Crippen LogP contribution >= 0.6 is 0 Å². The average molecular weight is 450 g/mol. The molecule has 0 atom stereocenters. The van der Waals surface area contributed by atoms with Crippen LogP contribution in [0.15, 0.2) is 0 Å². The third-order valence-corrected chi connectivity index (χ3v) is 6.54. The van der Waals surface area contributed by atoms with Crippen LogP contribution in [0.5, 0.6) is 0 Å². The molecule has 9 heteroatoms. The van der Waals surface area contributed by atoms with Gasteiger partial charge in [-0.3, -0.25) is 9.69 Å². The van der Waals surface area contributed by atoms with Crippen LogP contribution in [0.25, 0.3) is 0 Å². The molecular weight excluding hydrogens is 414 g/mol. The van der Waals surface area contributed by atoms with Gasteiger partial charge in [0.15, 0.2) is 6.61 Å². The van der Waals surface area contributed by atoms with Gasteiger partial charge < -0.3 is 24.5 Å². The Morgan fingerprint density at radius 3 is 2.41 bits per heavy atom. The van der Waals surface area contributed by atoms with Crippen LogP contribution in [-0.2, 0) is 19.0 Å². The van der Waals surface area contributed by atoms with E-state index < -0.39 is 11.9 Å². The number of aromatic nitrogens is 1. The van der Waals surface area contributed by atoms with Crippen molar-refractivity contribution in [3.63, 3.8) is 0 Å². The quantitative estimate of drug-likeness (QED) is 0.585. The van der Waals surface area contributed by atoms with E-state index in [2.05, 4.69) is 15.2 Å². The van der Waals surface area contributed by atoms with E-state index in [9.17, 15) is 14.4 Å². The summed E-state index contributed by atoms with van der Waals surface area (Å²) in [5.74, 6) is -1.48. The lowest BCUT2D eigenvalue weighted by molar-refractivity contribution is -0.125. The highest BCUT2D eigenvalue weighted by Gasteiger charge is 2.38. The Balaban J connectivity index is 1.56. The van der Waals surface area contributed by atoms with Gasteiger partial charge in [0.1, 0.15) is 5.69 Å². The fourth-order valence-electron chi connectivity index (χ4n) is 4.83. The number of esters is 2. The van der Waals surface area contributed by atoms with Gasteiger partial charge in [-0.1, -0.05) is 19.3 Å². The molecule has 1 aromatic rings. The number of ether oxygens (including phenoxy) is 3. The van der Waals surface area contributed by atoms with Gasteiger partial charge in [0, 0.05) is 30.9 Å². The van der Waals surface area contributed by atoms with Gasteiger partial charge in [-0.25, -0.2) is 9.59 Å². The summed E-state index contributed by atoms with van der Waals surface area (Å²) < 4.78 is 15.8. The maximum absolute atomic E-state index is 12.6. The van der Waals surface area contributed by atoms with Gasteiger partial charge >= 0.3 is 11.9 Å². The summed E-state index contributed by atoms with van der Waals surface area (Å²) in [6.45, 7) is 8.65. The van der Waals surface area contributed by atoms with Crippen molar-refractivity contribution in [1.29, 1.82) is 0 Å². The fourth-order valence-corrected chi connectivity index (χ4v) is 4.83. The number of rotatable bonds is 8. The average Bonchev–Trinajstić information content (AvgIpc) is 3.11. The van der Waals surface area contributed by atoms with Crippen LogP contribution in [0.3, 0.4) is 0 Å². The molecule has 0 radical (unpaired) electrons. The van der Waals surface area contributed by atoms with Crippen molar-refractivity contribution >= 4 is 17.8 Å². The van der Waals surface area contributed by atoms with Crippen LogP contribution in [0, 0.1) is 13.8 Å². The smallest absolute Gasteiger partial charge is 0.355 e. The molecule has 1 aromatic heterocycles. The number of nitrogens with one attached hydrogen (secondary N) is 2. The number of H-pyrrole nitrogens is 1. The van der Waals surface area contributed by atoms with Crippen molar-refractivity contribution in [1.82, 2.24) is 15.2 Å². The Morgan fingerprint density at radius 1 is 1.06 bits per heavy atom. The van der Waals surface area contributed by atoms with Crippen molar-refractivity contribution in [3.8, 4) is 0 Å². The number of nitrogens with zero attached hydrogens (tertiary/aromatic N) is 1. The first-order valence-electron chi connectivity index (χ1n) is 11.5. The highest BCUT2D eigenvalue weighted by Crippen LogP contribution is 2.33. The summed E-state index contributed by atoms with van der Waals surface area (Å²) in [5.41, 5.74) is 1.40. The number of hydrogen-bond donors (Lipinski definition) is 2. The van der Waals surface area contributed by atoms with Crippen LogP contribution in [-0.4, -0.2) is 79.3 Å². The maximum atomic E-state index is 12.6. The number of aromatic amines is 1. The number of carbonyl (C=O) groups excluding carboxylic acids is 3. The Kier molecular flexibility index (Phi) is 8.31. The summed E-state index contributed by atoms with van der Waals surface area (Å²) in [4.78, 5) is 42.5. The third-order valence-electron chi connectivity index (χ3n) is 6.54. The largest absolute Gasteiger partial charge is 0.461 e. The van der Waals surface area contributed by atoms with E-state index in [1.165, 1.54) is 6.42 Å². The Labute approximate surface area is 189 Å². The fraction of sp³-hybridized carbons (Fsp3) is 0.696. The van der Waals surface area contributed by atoms with Gasteiger partial charge in [0.25, 0.3) is 5.91 Å². The predicted molar refractivity (Wildman–Crippen MR) is 118 cm³/mol. The van der Waals surface area contributed by atoms with Gasteiger partial charge in [0.2, 0.25) is 0 Å². The first kappa shape index (κ1) is 24.3. The maximum Gasteiger partial charge on any atom is 0.355 e. The summed E-state index contributed by atoms with van der Waals surface area (Å²) in [7, 11) is 0. The van der Waals surface area contributed by atoms with Crippen LogP contribution in [0.1, 0.15) is 71.1 Å². The SMILES string of the molecule is CCOC(=O)c1[nH]c(C)c(C(=O)OCC(=O)NCC2(N3CCOCC3)CCCCC2)c1C. The van der Waals surface area contributed by atoms with Crippen LogP contribution in [0.2, 0.25) is 0 Å². The normalized spacial score (nSPS) is 18.7. The molecule has 0 unspecified atom stereocenters. The Morgan fingerprint density at radius 2 is 1.75 bits per heavy atom. The molecule has 0 spiro atoms. The van der Waals surface area contributed by atoms with E-state index in [0.717, 1.165) is 52.0 Å². The molecule has 9 nitrogen and oxygen atoms in total. The molecule has 2 heterocycles. The van der Waals surface area contributed by atoms with E-state index >= 15 is 0 Å². The van der Waals surface area contributed by atoms with E-state index in [1.54, 1.807) is 20.8 Å². The highest BCUT2D eigenvalue weighted by atomic mass is 16.5. The molecule has 3 rings (SSSR count). The molecule has 2 fully saturated rings. The minimum Gasteiger partial charge on any atom is -0.461 e. The second kappa shape index (κ2) is 11.0. The predicted octanol–water partition coefficient (Wildman–Crippen LogP) is 2.12. The molecule has 178 valence electrons. The number of hydrogen-bond acceptors (Lipinski definition) is 7. The number of aryl methyl sites for hydroxylation is 1. The summed E-state index contributed by atoms with van der Waals surface area (Å²) in [6.07, 6.45) is 5.62. The highest BCUT2D eigenvalue weighted by molar-refractivity contribution is 5.99. The first-order chi connectivity index (χ1) is 15.4. The summed E-state index contributed by atoms with van der Waals surface area (Å²) >= 11 is 0. The zero-order valence-electron chi connectivity index (χ0n) is 19.4. The molecule has 1 saturated carbocycles. The molecular formula is C23H35N3O6. The van der Waals surface area contributed by atoms with Gasteiger partial charge in [-0.2, -0.15) is 0 Å². The molecule has 2 aliphatic rings. The second-order valence-electron chi connectivity index (χ2n) is 8.58. The van der Waals surface area contributed by atoms with Crippen LogP contribution < -0.4 is 5.32 Å². The van der Waals surface area contributed by atoms with E-state index in [1.807, 2.05) is 0 Å². The molecule has 0 bridgehead atoms. The number of morpholine rings is 1. The lowest BCUT2D eigenvalue weighted by Gasteiger charge is -2.48. The van der Waals surface area contributed by atoms with E-state index in [4.69, 9.17) is 14.2 Å². The first-order valence-corrected chi connectivity index (χ1v) is 11.5. The van der Waals surface area contributed by atoms with Crippen molar-refractivity contribution in [2.75, 3.05) is 46.1 Å².